The van der Waals surface area contributed by atoms with E-state index in [4.69, 9.17) is 4.55 Å². The smallest absolute Gasteiger partial charge is 0.268 e. The van der Waals surface area contributed by atoms with Crippen molar-refractivity contribution in [3.05, 3.63) is 38.0 Å². The van der Waals surface area contributed by atoms with Gasteiger partial charge in [-0.15, -0.1) is 13.2 Å². The zero-order valence-electron chi connectivity index (χ0n) is 8.35. The molecule has 0 heterocycles. The molecule has 0 aliphatic heterocycles. The monoisotopic (exact) mass is 233 g/mol. The van der Waals surface area contributed by atoms with E-state index in [1.165, 1.54) is 6.08 Å². The summed E-state index contributed by atoms with van der Waals surface area (Å²) < 4.78 is 27.3. The number of hydrogen-bond donors (Lipinski definition) is 2. The summed E-state index contributed by atoms with van der Waals surface area (Å²) in [5, 5.41) is 2.51. The van der Waals surface area contributed by atoms with Gasteiger partial charge < -0.3 is 5.32 Å². The Kier molecular flexibility index (Phi) is 9.81. The van der Waals surface area contributed by atoms with E-state index in [0.29, 0.717) is 6.54 Å². The molecule has 0 aliphatic carbocycles. The Morgan fingerprint density at radius 1 is 1.27 bits per heavy atom. The van der Waals surface area contributed by atoms with Crippen LogP contribution in [0.25, 0.3) is 0 Å². The molecule has 0 radical (unpaired) electrons. The third-order valence-corrected chi connectivity index (χ3v) is 1.59. The molecule has 0 saturated heterocycles. The van der Waals surface area contributed by atoms with Gasteiger partial charge >= 0.3 is 0 Å². The van der Waals surface area contributed by atoms with Gasteiger partial charge in [0.2, 0.25) is 5.91 Å². The molecular formula is C9H15NO4S. The van der Waals surface area contributed by atoms with E-state index in [2.05, 4.69) is 25.1 Å². The van der Waals surface area contributed by atoms with Gasteiger partial charge in [0.1, 0.15) is 0 Å². The van der Waals surface area contributed by atoms with Crippen LogP contribution in [0, 0.1) is 0 Å². The molecule has 0 atom stereocenters. The van der Waals surface area contributed by atoms with Crippen LogP contribution in [0.4, 0.5) is 0 Å². The number of nitrogens with one attached hydrogen (secondary N) is 1. The summed E-state index contributed by atoms with van der Waals surface area (Å²) in [5.41, 5.74) is 0. The summed E-state index contributed by atoms with van der Waals surface area (Å²) in [6, 6.07) is 0. The fourth-order valence-electron chi connectivity index (χ4n) is 0.394. The minimum atomic E-state index is -3.79. The van der Waals surface area contributed by atoms with E-state index in [1.807, 2.05) is 0 Å². The van der Waals surface area contributed by atoms with E-state index in [1.54, 1.807) is 6.08 Å². The first kappa shape index (κ1) is 16.0. The SMILES string of the molecule is C=CCNC(=O)C=C.C=CCS(=O)(=O)O. The maximum Gasteiger partial charge on any atom is 0.268 e. The quantitative estimate of drug-likeness (QED) is 0.412. The Morgan fingerprint density at radius 3 is 2.00 bits per heavy atom. The van der Waals surface area contributed by atoms with Gasteiger partial charge in [0, 0.05) is 6.54 Å². The Labute approximate surface area is 89.9 Å². The van der Waals surface area contributed by atoms with Crippen molar-refractivity contribution in [2.24, 2.45) is 0 Å². The van der Waals surface area contributed by atoms with Crippen LogP contribution in [0.3, 0.4) is 0 Å². The average molecular weight is 233 g/mol. The molecular weight excluding hydrogens is 218 g/mol. The zero-order chi connectivity index (χ0) is 12.3. The first-order valence-corrected chi connectivity index (χ1v) is 5.55. The molecule has 2 N–H and O–H groups in total. The molecule has 0 spiro atoms. The maximum absolute atomic E-state index is 10.3. The van der Waals surface area contributed by atoms with Crippen LogP contribution in [0.1, 0.15) is 0 Å². The second-order valence-electron chi connectivity index (χ2n) is 2.28. The molecule has 1 amide bonds. The second-order valence-corrected chi connectivity index (χ2v) is 3.77. The van der Waals surface area contributed by atoms with E-state index in [-0.39, 0.29) is 11.7 Å². The summed E-state index contributed by atoms with van der Waals surface area (Å²) in [6.45, 7) is 10.3. The lowest BCUT2D eigenvalue weighted by atomic mass is 10.5. The van der Waals surface area contributed by atoms with E-state index >= 15 is 0 Å². The van der Waals surface area contributed by atoms with Crippen LogP contribution in [0.5, 0.6) is 0 Å². The molecule has 15 heavy (non-hydrogen) atoms. The van der Waals surface area contributed by atoms with Crippen molar-refractivity contribution in [2.75, 3.05) is 12.3 Å². The third-order valence-electron chi connectivity index (χ3n) is 0.934. The molecule has 0 fully saturated rings. The van der Waals surface area contributed by atoms with E-state index in [0.717, 1.165) is 6.08 Å². The molecule has 0 bridgehead atoms. The van der Waals surface area contributed by atoms with Crippen LogP contribution in [-0.2, 0) is 14.9 Å². The van der Waals surface area contributed by atoms with E-state index in [9.17, 15) is 13.2 Å². The molecule has 0 aromatic heterocycles. The molecule has 0 rings (SSSR count). The molecule has 5 nitrogen and oxygen atoms in total. The van der Waals surface area contributed by atoms with Gasteiger partial charge in [-0.25, -0.2) is 0 Å². The fourth-order valence-corrected chi connectivity index (χ4v) is 0.692. The van der Waals surface area contributed by atoms with Gasteiger partial charge in [0.15, 0.2) is 0 Å². The number of rotatable bonds is 5. The molecule has 6 heteroatoms. The zero-order valence-corrected chi connectivity index (χ0v) is 9.16. The minimum absolute atomic E-state index is 0.162. The standard InChI is InChI=1S/C6H9NO.C3H6O3S/c1-3-5-7-6(8)4-2;1-2-3-7(4,5)6/h3-4H,1-2,5H2,(H,7,8);2H,1,3H2,(H,4,5,6). The Balaban J connectivity index is 0. The molecule has 0 saturated carbocycles. The maximum atomic E-state index is 10.3. The number of hydrogen-bond acceptors (Lipinski definition) is 3. The van der Waals surface area contributed by atoms with Crippen LogP contribution in [0.15, 0.2) is 38.0 Å². The van der Waals surface area contributed by atoms with Crippen molar-refractivity contribution in [1.29, 1.82) is 0 Å². The summed E-state index contributed by atoms with van der Waals surface area (Å²) in [7, 11) is -3.79. The predicted octanol–water partition coefficient (Wildman–Crippen LogP) is 0.535. The molecule has 0 aromatic carbocycles. The highest BCUT2D eigenvalue weighted by Crippen LogP contribution is 1.78. The first-order chi connectivity index (χ1) is 6.87. The second kappa shape index (κ2) is 9.17. The Hall–Kier alpha value is -1.40. The number of carbonyl (C=O) groups is 1. The van der Waals surface area contributed by atoms with Gasteiger partial charge in [-0.3, -0.25) is 9.35 Å². The van der Waals surface area contributed by atoms with Crippen LogP contribution >= 0.6 is 0 Å². The van der Waals surface area contributed by atoms with E-state index < -0.39 is 10.1 Å². The first-order valence-electron chi connectivity index (χ1n) is 3.94. The van der Waals surface area contributed by atoms with Crippen LogP contribution in [0.2, 0.25) is 0 Å². The summed E-state index contributed by atoms with van der Waals surface area (Å²) >= 11 is 0. The molecule has 86 valence electrons. The normalized spacial score (nSPS) is 9.13. The largest absolute Gasteiger partial charge is 0.349 e. The highest BCUT2D eigenvalue weighted by Gasteiger charge is 1.95. The third kappa shape index (κ3) is 19.1. The summed E-state index contributed by atoms with van der Waals surface area (Å²) in [6.07, 6.45) is 3.96. The van der Waals surface area contributed by atoms with Crippen LogP contribution < -0.4 is 5.32 Å². The fraction of sp³-hybridized carbons (Fsp3) is 0.222. The number of amides is 1. The molecule has 0 aromatic rings. The van der Waals surface area contributed by atoms with Crippen molar-refractivity contribution in [1.82, 2.24) is 5.32 Å². The molecule has 0 aliphatic rings. The van der Waals surface area contributed by atoms with Gasteiger partial charge in [0.05, 0.1) is 5.75 Å². The highest BCUT2D eigenvalue weighted by molar-refractivity contribution is 7.85. The van der Waals surface area contributed by atoms with Crippen molar-refractivity contribution >= 4 is 16.0 Å². The minimum Gasteiger partial charge on any atom is -0.349 e. The van der Waals surface area contributed by atoms with Crippen molar-refractivity contribution < 1.29 is 17.8 Å². The average Bonchev–Trinajstić information content (AvgIpc) is 2.13. The van der Waals surface area contributed by atoms with Crippen molar-refractivity contribution in [2.45, 2.75) is 0 Å². The summed E-state index contributed by atoms with van der Waals surface area (Å²) in [5.74, 6) is -0.530. The molecule has 0 unspecified atom stereocenters. The number of carbonyl (C=O) groups excluding carboxylic acids is 1. The highest BCUT2D eigenvalue weighted by atomic mass is 32.2. The summed E-state index contributed by atoms with van der Waals surface area (Å²) in [4.78, 5) is 10.3. The Bertz CT molecular complexity index is 319. The van der Waals surface area contributed by atoms with Crippen molar-refractivity contribution in [3.63, 3.8) is 0 Å². The van der Waals surface area contributed by atoms with Gasteiger partial charge in [0.25, 0.3) is 10.1 Å². The van der Waals surface area contributed by atoms with Gasteiger partial charge in [-0.1, -0.05) is 18.7 Å². The predicted molar refractivity (Wildman–Crippen MR) is 60.0 cm³/mol. The van der Waals surface area contributed by atoms with Gasteiger partial charge in [-0.2, -0.15) is 8.42 Å². The lowest BCUT2D eigenvalue weighted by molar-refractivity contribution is -0.116. The lowest BCUT2D eigenvalue weighted by Gasteiger charge is -1.91. The van der Waals surface area contributed by atoms with Crippen LogP contribution in [-0.4, -0.2) is 31.2 Å². The van der Waals surface area contributed by atoms with Gasteiger partial charge in [-0.05, 0) is 6.08 Å². The topological polar surface area (TPSA) is 83.5 Å². The Morgan fingerprint density at radius 2 is 1.80 bits per heavy atom. The lowest BCUT2D eigenvalue weighted by Crippen LogP contribution is -2.19. The van der Waals surface area contributed by atoms with Crippen molar-refractivity contribution in [3.8, 4) is 0 Å².